The summed E-state index contributed by atoms with van der Waals surface area (Å²) in [5.41, 5.74) is 2.21. The summed E-state index contributed by atoms with van der Waals surface area (Å²) in [4.78, 5) is 28.8. The summed E-state index contributed by atoms with van der Waals surface area (Å²) in [6.07, 6.45) is 4.08. The number of halogens is 1. The van der Waals surface area contributed by atoms with E-state index in [1.54, 1.807) is 24.3 Å². The molecule has 0 fully saturated rings. The van der Waals surface area contributed by atoms with Crippen molar-refractivity contribution in [2.24, 2.45) is 0 Å². The maximum Gasteiger partial charge on any atom is 0.257 e. The SMILES string of the molecule is CCN(CC)C(=O)c1c(NC(=O)c2ccccc2Cl)sc2c1CCCC2. The monoisotopic (exact) mass is 390 g/mol. The highest BCUT2D eigenvalue weighted by Crippen LogP contribution is 2.39. The third-order valence-electron chi connectivity index (χ3n) is 4.78. The molecule has 0 spiro atoms. The molecule has 0 unspecified atom stereocenters. The minimum atomic E-state index is -0.275. The quantitative estimate of drug-likeness (QED) is 0.779. The summed E-state index contributed by atoms with van der Waals surface area (Å²) in [7, 11) is 0. The van der Waals surface area contributed by atoms with Gasteiger partial charge in [0.1, 0.15) is 5.00 Å². The largest absolute Gasteiger partial charge is 0.339 e. The van der Waals surface area contributed by atoms with Crippen molar-refractivity contribution in [3.63, 3.8) is 0 Å². The Bertz CT molecular complexity index is 827. The topological polar surface area (TPSA) is 49.4 Å². The molecule has 0 saturated heterocycles. The van der Waals surface area contributed by atoms with Gasteiger partial charge in [-0.2, -0.15) is 0 Å². The molecule has 0 saturated carbocycles. The lowest BCUT2D eigenvalue weighted by atomic mass is 9.95. The molecule has 1 aromatic heterocycles. The van der Waals surface area contributed by atoms with Crippen LogP contribution in [-0.2, 0) is 12.8 Å². The molecular formula is C20H23ClN2O2S. The number of fused-ring (bicyclic) bond motifs is 1. The fraction of sp³-hybridized carbons (Fsp3) is 0.400. The first-order valence-electron chi connectivity index (χ1n) is 9.06. The molecule has 0 bridgehead atoms. The molecule has 1 aromatic carbocycles. The van der Waals surface area contributed by atoms with Crippen LogP contribution in [0.3, 0.4) is 0 Å². The van der Waals surface area contributed by atoms with Crippen LogP contribution in [0, 0.1) is 0 Å². The zero-order chi connectivity index (χ0) is 18.7. The van der Waals surface area contributed by atoms with E-state index in [0.717, 1.165) is 31.2 Å². The lowest BCUT2D eigenvalue weighted by Crippen LogP contribution is -2.31. The van der Waals surface area contributed by atoms with Crippen LogP contribution in [0.4, 0.5) is 5.00 Å². The maximum atomic E-state index is 13.1. The van der Waals surface area contributed by atoms with E-state index in [0.29, 0.717) is 34.2 Å². The zero-order valence-electron chi connectivity index (χ0n) is 15.1. The Morgan fingerprint density at radius 1 is 1.15 bits per heavy atom. The first-order valence-corrected chi connectivity index (χ1v) is 10.3. The van der Waals surface area contributed by atoms with Crippen LogP contribution in [-0.4, -0.2) is 29.8 Å². The van der Waals surface area contributed by atoms with Crippen molar-refractivity contribution in [2.75, 3.05) is 18.4 Å². The number of thiophene rings is 1. The van der Waals surface area contributed by atoms with E-state index >= 15 is 0 Å². The van der Waals surface area contributed by atoms with Crippen LogP contribution in [0.25, 0.3) is 0 Å². The first-order chi connectivity index (χ1) is 12.6. The van der Waals surface area contributed by atoms with Crippen molar-refractivity contribution < 1.29 is 9.59 Å². The lowest BCUT2D eigenvalue weighted by molar-refractivity contribution is 0.0773. The van der Waals surface area contributed by atoms with Crippen LogP contribution in [0.1, 0.15) is 57.8 Å². The number of carbonyl (C=O) groups excluding carboxylic acids is 2. The first kappa shape index (κ1) is 18.9. The second-order valence-corrected chi connectivity index (χ2v) is 7.84. The van der Waals surface area contributed by atoms with Gasteiger partial charge in [-0.05, 0) is 57.2 Å². The van der Waals surface area contributed by atoms with Gasteiger partial charge in [0.15, 0.2) is 0 Å². The molecule has 0 aliphatic heterocycles. The van der Waals surface area contributed by atoms with Gasteiger partial charge in [0.05, 0.1) is 16.1 Å². The molecule has 1 aliphatic carbocycles. The Labute approximate surface area is 163 Å². The van der Waals surface area contributed by atoms with Crippen molar-refractivity contribution in [1.82, 2.24) is 4.90 Å². The van der Waals surface area contributed by atoms with Gasteiger partial charge in [-0.15, -0.1) is 11.3 Å². The Hall–Kier alpha value is -1.85. The van der Waals surface area contributed by atoms with Crippen LogP contribution in [0.2, 0.25) is 5.02 Å². The predicted octanol–water partition coefficient (Wildman–Crippen LogP) is 5.01. The van der Waals surface area contributed by atoms with Crippen molar-refractivity contribution in [1.29, 1.82) is 0 Å². The van der Waals surface area contributed by atoms with E-state index in [1.807, 2.05) is 18.7 Å². The third-order valence-corrected chi connectivity index (χ3v) is 6.32. The molecule has 4 nitrogen and oxygen atoms in total. The van der Waals surface area contributed by atoms with Gasteiger partial charge in [0.2, 0.25) is 0 Å². The fourth-order valence-electron chi connectivity index (χ4n) is 3.36. The average molecular weight is 391 g/mol. The number of hydrogen-bond acceptors (Lipinski definition) is 3. The Balaban J connectivity index is 1.98. The van der Waals surface area contributed by atoms with Gasteiger partial charge in [0, 0.05) is 18.0 Å². The van der Waals surface area contributed by atoms with Crippen LogP contribution in [0.15, 0.2) is 24.3 Å². The molecule has 1 aliphatic rings. The van der Waals surface area contributed by atoms with Crippen molar-refractivity contribution in [3.8, 4) is 0 Å². The van der Waals surface area contributed by atoms with E-state index in [1.165, 1.54) is 16.2 Å². The summed E-state index contributed by atoms with van der Waals surface area (Å²) < 4.78 is 0. The maximum absolute atomic E-state index is 13.1. The lowest BCUT2D eigenvalue weighted by Gasteiger charge is -2.21. The minimum absolute atomic E-state index is 0.00357. The molecule has 1 N–H and O–H groups in total. The number of carbonyl (C=O) groups is 2. The zero-order valence-corrected chi connectivity index (χ0v) is 16.7. The average Bonchev–Trinajstić information content (AvgIpc) is 3.00. The number of rotatable bonds is 5. The predicted molar refractivity (Wildman–Crippen MR) is 108 cm³/mol. The summed E-state index contributed by atoms with van der Waals surface area (Å²) in [6, 6.07) is 6.95. The second-order valence-electron chi connectivity index (χ2n) is 6.33. The van der Waals surface area contributed by atoms with Crippen LogP contribution in [0.5, 0.6) is 0 Å². The van der Waals surface area contributed by atoms with Gasteiger partial charge < -0.3 is 10.2 Å². The minimum Gasteiger partial charge on any atom is -0.339 e. The molecule has 0 radical (unpaired) electrons. The molecule has 3 rings (SSSR count). The van der Waals surface area contributed by atoms with Gasteiger partial charge in [-0.1, -0.05) is 23.7 Å². The number of benzene rings is 1. The molecule has 0 atom stereocenters. The standard InChI is InChI=1S/C20H23ClN2O2S/c1-3-23(4-2)20(25)17-14-10-6-8-12-16(14)26-19(17)22-18(24)13-9-5-7-11-15(13)21/h5,7,9,11H,3-4,6,8,10,12H2,1-2H3,(H,22,24). The molecule has 2 amide bonds. The fourth-order valence-corrected chi connectivity index (χ4v) is 4.86. The highest BCUT2D eigenvalue weighted by Gasteiger charge is 2.28. The summed E-state index contributed by atoms with van der Waals surface area (Å²) in [5.74, 6) is -0.272. The van der Waals surface area contributed by atoms with Gasteiger partial charge in [-0.3, -0.25) is 9.59 Å². The summed E-state index contributed by atoms with van der Waals surface area (Å²) in [6.45, 7) is 5.25. The number of nitrogens with one attached hydrogen (secondary N) is 1. The van der Waals surface area contributed by atoms with Gasteiger partial charge in [-0.25, -0.2) is 0 Å². The smallest absolute Gasteiger partial charge is 0.257 e. The van der Waals surface area contributed by atoms with Crippen molar-refractivity contribution in [2.45, 2.75) is 39.5 Å². The second kappa shape index (κ2) is 8.23. The van der Waals surface area contributed by atoms with Gasteiger partial charge >= 0.3 is 0 Å². The molecule has 2 aromatic rings. The van der Waals surface area contributed by atoms with E-state index in [2.05, 4.69) is 5.32 Å². The van der Waals surface area contributed by atoms with E-state index < -0.39 is 0 Å². The molecule has 138 valence electrons. The number of aryl methyl sites for hydroxylation is 1. The van der Waals surface area contributed by atoms with E-state index in [4.69, 9.17) is 11.6 Å². The van der Waals surface area contributed by atoms with Gasteiger partial charge in [0.25, 0.3) is 11.8 Å². The van der Waals surface area contributed by atoms with Crippen LogP contribution < -0.4 is 5.32 Å². The number of nitrogens with zero attached hydrogens (tertiary/aromatic N) is 1. The Morgan fingerprint density at radius 3 is 2.54 bits per heavy atom. The number of hydrogen-bond donors (Lipinski definition) is 1. The van der Waals surface area contributed by atoms with Crippen molar-refractivity contribution >= 4 is 39.8 Å². The highest BCUT2D eigenvalue weighted by atomic mass is 35.5. The summed E-state index contributed by atoms with van der Waals surface area (Å²) in [5, 5.41) is 4.01. The van der Waals surface area contributed by atoms with Crippen molar-refractivity contribution in [3.05, 3.63) is 50.9 Å². The highest BCUT2D eigenvalue weighted by molar-refractivity contribution is 7.17. The number of amides is 2. The molecule has 1 heterocycles. The Kier molecular flexibility index (Phi) is 5.99. The van der Waals surface area contributed by atoms with E-state index in [-0.39, 0.29) is 11.8 Å². The molecule has 26 heavy (non-hydrogen) atoms. The molecular weight excluding hydrogens is 368 g/mol. The van der Waals surface area contributed by atoms with Crippen LogP contribution >= 0.6 is 22.9 Å². The van der Waals surface area contributed by atoms with E-state index in [9.17, 15) is 9.59 Å². The Morgan fingerprint density at radius 2 is 1.85 bits per heavy atom. The normalized spacial score (nSPS) is 13.2. The summed E-state index contributed by atoms with van der Waals surface area (Å²) >= 11 is 7.69. The number of anilines is 1. The third kappa shape index (κ3) is 3.64. The molecule has 6 heteroatoms.